The molecule has 1 aromatic heterocycles. The molecule has 0 radical (unpaired) electrons. The second-order valence-corrected chi connectivity index (χ2v) is 5.25. The lowest BCUT2D eigenvalue weighted by molar-refractivity contribution is 0.401. The Hall–Kier alpha value is -0.540. The van der Waals surface area contributed by atoms with E-state index in [1.54, 1.807) is 6.26 Å². The number of furan rings is 1. The summed E-state index contributed by atoms with van der Waals surface area (Å²) in [6.07, 6.45) is 10.4. The molecule has 2 rings (SSSR count). The molecule has 0 bridgehead atoms. The molecule has 0 aromatic carbocycles. The minimum atomic E-state index is 0.637. The van der Waals surface area contributed by atoms with Gasteiger partial charge in [0, 0.05) is 6.54 Å². The molecular weight excluding hydrogens is 266 g/mol. The van der Waals surface area contributed by atoms with Gasteiger partial charge in [0.2, 0.25) is 0 Å². The molecule has 1 fully saturated rings. The molecule has 0 atom stereocenters. The van der Waals surface area contributed by atoms with Crippen molar-refractivity contribution >= 4 is 22.0 Å². The minimum Gasteiger partial charge on any atom is -0.464 e. The number of hydrogen-bond donors (Lipinski definition) is 1. The van der Waals surface area contributed by atoms with E-state index in [-0.39, 0.29) is 0 Å². The van der Waals surface area contributed by atoms with E-state index in [1.165, 1.54) is 37.7 Å². The van der Waals surface area contributed by atoms with Crippen LogP contribution in [0.15, 0.2) is 26.8 Å². The smallest absolute Gasteiger partial charge is 0.140 e. The van der Waals surface area contributed by atoms with Crippen molar-refractivity contribution in [2.75, 3.05) is 6.54 Å². The van der Waals surface area contributed by atoms with Gasteiger partial charge in [0.25, 0.3) is 0 Å². The van der Waals surface area contributed by atoms with Gasteiger partial charge in [-0.3, -0.25) is 0 Å². The fourth-order valence-corrected chi connectivity index (χ4v) is 2.71. The van der Waals surface area contributed by atoms with Crippen molar-refractivity contribution in [1.29, 1.82) is 0 Å². The molecule has 0 unspecified atom stereocenters. The van der Waals surface area contributed by atoms with E-state index in [2.05, 4.69) is 22.0 Å². The molecule has 1 heterocycles. The summed E-state index contributed by atoms with van der Waals surface area (Å²) in [4.78, 5) is 0. The lowest BCUT2D eigenvalue weighted by Gasteiger charge is -2.23. The summed E-state index contributed by atoms with van der Waals surface area (Å²) in [5, 5.41) is 0. The Morgan fingerprint density at radius 2 is 2.19 bits per heavy atom. The molecule has 88 valence electrons. The van der Waals surface area contributed by atoms with Crippen molar-refractivity contribution in [3.8, 4) is 0 Å². The van der Waals surface area contributed by atoms with E-state index >= 15 is 0 Å². The van der Waals surface area contributed by atoms with Gasteiger partial charge in [-0.1, -0.05) is 19.3 Å². The van der Waals surface area contributed by atoms with Crippen LogP contribution < -0.4 is 5.73 Å². The molecule has 0 amide bonds. The second-order valence-electron chi connectivity index (χ2n) is 4.39. The van der Waals surface area contributed by atoms with Crippen LogP contribution in [0.2, 0.25) is 0 Å². The molecule has 1 aliphatic carbocycles. The van der Waals surface area contributed by atoms with E-state index < -0.39 is 0 Å². The first-order valence-corrected chi connectivity index (χ1v) is 6.74. The van der Waals surface area contributed by atoms with Crippen molar-refractivity contribution in [1.82, 2.24) is 0 Å². The second kappa shape index (κ2) is 5.69. The van der Waals surface area contributed by atoms with E-state index in [4.69, 9.17) is 10.2 Å². The summed E-state index contributed by atoms with van der Waals surface area (Å²) in [5.74, 6) is 1.56. The summed E-state index contributed by atoms with van der Waals surface area (Å²) < 4.78 is 6.42. The molecule has 16 heavy (non-hydrogen) atoms. The molecular formula is C13H18BrNO. The highest BCUT2D eigenvalue weighted by Crippen LogP contribution is 2.31. The highest BCUT2D eigenvalue weighted by atomic mass is 79.9. The summed E-state index contributed by atoms with van der Waals surface area (Å²) in [6.45, 7) is 0.637. The average Bonchev–Trinajstić information content (AvgIpc) is 2.73. The Morgan fingerprint density at radius 1 is 1.44 bits per heavy atom. The van der Waals surface area contributed by atoms with Crippen LogP contribution >= 0.6 is 15.9 Å². The molecule has 0 saturated heterocycles. The van der Waals surface area contributed by atoms with Crippen LogP contribution in [0.1, 0.15) is 37.9 Å². The van der Waals surface area contributed by atoms with Gasteiger partial charge in [-0.2, -0.15) is 0 Å². The monoisotopic (exact) mass is 283 g/mol. The third-order valence-electron chi connectivity index (χ3n) is 3.33. The zero-order chi connectivity index (χ0) is 11.4. The first kappa shape index (κ1) is 11.9. The quantitative estimate of drug-likeness (QED) is 0.912. The molecule has 1 saturated carbocycles. The predicted molar refractivity (Wildman–Crippen MR) is 70.0 cm³/mol. The Labute approximate surface area is 105 Å². The van der Waals surface area contributed by atoms with Gasteiger partial charge in [0.05, 0.1) is 10.7 Å². The largest absolute Gasteiger partial charge is 0.464 e. The maximum atomic E-state index is 5.85. The van der Waals surface area contributed by atoms with Gasteiger partial charge in [0.1, 0.15) is 5.76 Å². The molecule has 3 heteroatoms. The lowest BCUT2D eigenvalue weighted by Crippen LogP contribution is -2.16. The van der Waals surface area contributed by atoms with Gasteiger partial charge in [-0.15, -0.1) is 0 Å². The molecule has 2 nitrogen and oxygen atoms in total. The van der Waals surface area contributed by atoms with Crippen LogP contribution in [0.25, 0.3) is 6.08 Å². The van der Waals surface area contributed by atoms with Crippen LogP contribution in [0.3, 0.4) is 0 Å². The van der Waals surface area contributed by atoms with Crippen molar-refractivity contribution in [3.05, 3.63) is 28.1 Å². The predicted octanol–water partition coefficient (Wildman–Crippen LogP) is 3.96. The van der Waals surface area contributed by atoms with Crippen molar-refractivity contribution in [3.63, 3.8) is 0 Å². The zero-order valence-electron chi connectivity index (χ0n) is 9.42. The molecule has 2 N–H and O–H groups in total. The van der Waals surface area contributed by atoms with Crippen LogP contribution in [0, 0.1) is 5.92 Å². The fraction of sp³-hybridized carbons (Fsp3) is 0.538. The number of rotatable bonds is 3. The van der Waals surface area contributed by atoms with Gasteiger partial charge in [0.15, 0.2) is 0 Å². The highest BCUT2D eigenvalue weighted by molar-refractivity contribution is 9.10. The third-order valence-corrected chi connectivity index (χ3v) is 3.98. The maximum absolute atomic E-state index is 5.85. The molecule has 0 aliphatic heterocycles. The first-order chi connectivity index (χ1) is 7.81. The zero-order valence-corrected chi connectivity index (χ0v) is 11.0. The Kier molecular flexibility index (Phi) is 4.24. The van der Waals surface area contributed by atoms with Crippen LogP contribution in [-0.4, -0.2) is 6.54 Å². The normalized spacial score (nSPS) is 19.0. The molecule has 0 spiro atoms. The Balaban J connectivity index is 2.14. The number of nitrogens with two attached hydrogens (primary N) is 1. The van der Waals surface area contributed by atoms with E-state index in [1.807, 2.05) is 6.07 Å². The maximum Gasteiger partial charge on any atom is 0.140 e. The van der Waals surface area contributed by atoms with Crippen molar-refractivity contribution in [2.45, 2.75) is 32.1 Å². The topological polar surface area (TPSA) is 39.2 Å². The third kappa shape index (κ3) is 2.77. The van der Waals surface area contributed by atoms with Gasteiger partial charge in [-0.05, 0) is 52.4 Å². The molecule has 1 aromatic rings. The van der Waals surface area contributed by atoms with Crippen LogP contribution in [0.4, 0.5) is 0 Å². The SMILES string of the molecule is NC/C(=C/c1occc1Br)C1CCCCC1. The number of hydrogen-bond acceptors (Lipinski definition) is 2. The van der Waals surface area contributed by atoms with E-state index in [0.717, 1.165) is 10.2 Å². The van der Waals surface area contributed by atoms with Crippen LogP contribution in [0.5, 0.6) is 0 Å². The molecule has 1 aliphatic rings. The summed E-state index contributed by atoms with van der Waals surface area (Å²) in [5.41, 5.74) is 7.17. The highest BCUT2D eigenvalue weighted by Gasteiger charge is 2.17. The summed E-state index contributed by atoms with van der Waals surface area (Å²) >= 11 is 3.47. The fourth-order valence-electron chi connectivity index (χ4n) is 2.39. The van der Waals surface area contributed by atoms with E-state index in [9.17, 15) is 0 Å². The Morgan fingerprint density at radius 3 is 2.75 bits per heavy atom. The number of halogens is 1. The Bertz CT molecular complexity index is 364. The standard InChI is InChI=1S/C13H18BrNO/c14-12-6-7-16-13(12)8-11(9-15)10-4-2-1-3-5-10/h6-8,10H,1-5,9,15H2/b11-8-. The summed E-state index contributed by atoms with van der Waals surface area (Å²) in [7, 11) is 0. The van der Waals surface area contributed by atoms with Crippen molar-refractivity contribution < 1.29 is 4.42 Å². The van der Waals surface area contributed by atoms with Crippen molar-refractivity contribution in [2.24, 2.45) is 11.7 Å². The van der Waals surface area contributed by atoms with Crippen LogP contribution in [-0.2, 0) is 0 Å². The minimum absolute atomic E-state index is 0.637. The summed E-state index contributed by atoms with van der Waals surface area (Å²) in [6, 6.07) is 1.92. The van der Waals surface area contributed by atoms with Gasteiger partial charge >= 0.3 is 0 Å². The average molecular weight is 284 g/mol. The van der Waals surface area contributed by atoms with E-state index in [0.29, 0.717) is 12.5 Å². The van der Waals surface area contributed by atoms with Gasteiger partial charge < -0.3 is 10.2 Å². The first-order valence-electron chi connectivity index (χ1n) is 5.95. The lowest BCUT2D eigenvalue weighted by atomic mass is 9.83. The van der Waals surface area contributed by atoms with Gasteiger partial charge in [-0.25, -0.2) is 0 Å².